The Morgan fingerprint density at radius 2 is 2.13 bits per heavy atom. The van der Waals surface area contributed by atoms with Crippen molar-refractivity contribution in [3.63, 3.8) is 0 Å². The monoisotopic (exact) mass is 311 g/mol. The van der Waals surface area contributed by atoms with E-state index < -0.39 is 0 Å². The van der Waals surface area contributed by atoms with Gasteiger partial charge in [0.2, 0.25) is 0 Å². The molecule has 0 saturated heterocycles. The van der Waals surface area contributed by atoms with Crippen LogP contribution in [0.15, 0.2) is 36.7 Å². The number of tetrazole rings is 1. The third-order valence-electron chi connectivity index (χ3n) is 3.39. The Labute approximate surface area is 133 Å². The lowest BCUT2D eigenvalue weighted by molar-refractivity contribution is 0.102. The molecular weight excluding hydrogens is 294 g/mol. The van der Waals surface area contributed by atoms with Gasteiger partial charge < -0.3 is 5.32 Å². The minimum atomic E-state index is -0.203. The van der Waals surface area contributed by atoms with Gasteiger partial charge in [-0.1, -0.05) is 12.1 Å². The maximum atomic E-state index is 12.4. The summed E-state index contributed by atoms with van der Waals surface area (Å²) in [6.45, 7) is 4.05. The lowest BCUT2D eigenvalue weighted by Crippen LogP contribution is -2.11. The molecule has 2 aromatic heterocycles. The van der Waals surface area contributed by atoms with Crippen LogP contribution < -0.4 is 5.32 Å². The van der Waals surface area contributed by atoms with E-state index in [1.807, 2.05) is 19.9 Å². The average molecular weight is 311 g/mol. The Morgan fingerprint density at radius 3 is 2.78 bits per heavy atom. The van der Waals surface area contributed by atoms with Gasteiger partial charge in [-0.25, -0.2) is 4.68 Å². The van der Waals surface area contributed by atoms with Crippen LogP contribution in [0, 0.1) is 0 Å². The Bertz CT molecular complexity index is 834. The zero-order valence-electron chi connectivity index (χ0n) is 13.1. The van der Waals surface area contributed by atoms with Crippen LogP contribution in [0.5, 0.6) is 0 Å². The van der Waals surface area contributed by atoms with Crippen LogP contribution in [0.3, 0.4) is 0 Å². The lowest BCUT2D eigenvalue weighted by Gasteiger charge is -2.05. The third-order valence-corrected chi connectivity index (χ3v) is 3.39. The predicted octanol–water partition coefficient (Wildman–Crippen LogP) is 1.91. The van der Waals surface area contributed by atoms with Crippen LogP contribution in [-0.4, -0.2) is 35.9 Å². The molecule has 1 aromatic carbocycles. The number of rotatable bonds is 4. The molecule has 0 saturated carbocycles. The number of amides is 1. The molecule has 0 spiro atoms. The summed E-state index contributed by atoms with van der Waals surface area (Å²) in [6, 6.07) is 7.41. The first-order chi connectivity index (χ1) is 11.0. The van der Waals surface area contributed by atoms with Gasteiger partial charge in [-0.05, 0) is 36.4 Å². The number of anilines is 1. The molecule has 1 amide bonds. The first kappa shape index (κ1) is 14.9. The predicted molar refractivity (Wildman–Crippen MR) is 84.8 cm³/mol. The number of aromatic nitrogens is 6. The van der Waals surface area contributed by atoms with Crippen LogP contribution in [-0.2, 0) is 7.05 Å². The fourth-order valence-corrected chi connectivity index (χ4v) is 2.16. The zero-order chi connectivity index (χ0) is 16.4. The summed E-state index contributed by atoms with van der Waals surface area (Å²) in [4.78, 5) is 12.4. The molecule has 1 N–H and O–H groups in total. The summed E-state index contributed by atoms with van der Waals surface area (Å²) in [6.07, 6.45) is 3.44. The van der Waals surface area contributed by atoms with Crippen molar-refractivity contribution in [2.75, 3.05) is 5.32 Å². The van der Waals surface area contributed by atoms with Crippen molar-refractivity contribution in [3.05, 3.63) is 42.2 Å². The summed E-state index contributed by atoms with van der Waals surface area (Å²) in [5.41, 5.74) is 1.97. The van der Waals surface area contributed by atoms with Crippen LogP contribution in [0.4, 0.5) is 5.69 Å². The highest BCUT2D eigenvalue weighted by molar-refractivity contribution is 6.04. The molecule has 0 bridgehead atoms. The van der Waals surface area contributed by atoms with Gasteiger partial charge in [0.1, 0.15) is 0 Å². The fourth-order valence-electron chi connectivity index (χ4n) is 2.16. The Hall–Kier alpha value is -3.03. The van der Waals surface area contributed by atoms with E-state index in [1.54, 1.807) is 47.0 Å². The summed E-state index contributed by atoms with van der Waals surface area (Å²) in [5, 5.41) is 18.4. The van der Waals surface area contributed by atoms with Gasteiger partial charge >= 0.3 is 0 Å². The molecule has 0 aliphatic rings. The number of carbonyl (C=O) groups excluding carboxylic acids is 1. The normalized spacial score (nSPS) is 11.0. The van der Waals surface area contributed by atoms with Gasteiger partial charge in [0.25, 0.3) is 5.91 Å². The average Bonchev–Trinajstić information content (AvgIpc) is 3.16. The molecule has 2 heterocycles. The van der Waals surface area contributed by atoms with E-state index >= 15 is 0 Å². The Kier molecular flexibility index (Phi) is 3.88. The van der Waals surface area contributed by atoms with E-state index in [2.05, 4.69) is 25.9 Å². The van der Waals surface area contributed by atoms with Crippen molar-refractivity contribution in [3.8, 4) is 11.4 Å². The number of nitrogens with zero attached hydrogens (tertiary/aromatic N) is 6. The SMILES string of the molecule is CC(C)n1cc(NC(=O)c2cccc(-c3nnnn3C)c2)cn1. The van der Waals surface area contributed by atoms with Crippen molar-refractivity contribution >= 4 is 11.6 Å². The number of benzene rings is 1. The standard InChI is InChI=1S/C15H17N7O/c1-10(2)22-9-13(8-16-22)17-15(23)12-6-4-5-11(7-12)14-18-19-20-21(14)3/h4-10H,1-3H3,(H,17,23). The number of hydrogen-bond acceptors (Lipinski definition) is 5. The van der Waals surface area contributed by atoms with E-state index in [0.717, 1.165) is 5.56 Å². The minimum Gasteiger partial charge on any atom is -0.319 e. The first-order valence-corrected chi connectivity index (χ1v) is 7.23. The molecule has 8 nitrogen and oxygen atoms in total. The Balaban J connectivity index is 1.81. The first-order valence-electron chi connectivity index (χ1n) is 7.23. The maximum Gasteiger partial charge on any atom is 0.255 e. The van der Waals surface area contributed by atoms with E-state index in [9.17, 15) is 4.79 Å². The largest absolute Gasteiger partial charge is 0.319 e. The molecule has 8 heteroatoms. The van der Waals surface area contributed by atoms with Crippen LogP contribution in [0.1, 0.15) is 30.2 Å². The van der Waals surface area contributed by atoms with Crippen LogP contribution in [0.25, 0.3) is 11.4 Å². The van der Waals surface area contributed by atoms with Crippen LogP contribution in [0.2, 0.25) is 0 Å². The van der Waals surface area contributed by atoms with Gasteiger partial charge in [-0.15, -0.1) is 5.10 Å². The summed E-state index contributed by atoms with van der Waals surface area (Å²) >= 11 is 0. The van der Waals surface area contributed by atoms with Crippen molar-refractivity contribution < 1.29 is 4.79 Å². The molecule has 0 atom stereocenters. The summed E-state index contributed by atoms with van der Waals surface area (Å²) < 4.78 is 3.35. The molecule has 0 aliphatic heterocycles. The van der Waals surface area contributed by atoms with Crippen molar-refractivity contribution in [1.82, 2.24) is 30.0 Å². The van der Waals surface area contributed by atoms with Gasteiger partial charge in [0.05, 0.1) is 11.9 Å². The van der Waals surface area contributed by atoms with Crippen molar-refractivity contribution in [1.29, 1.82) is 0 Å². The molecule has 0 unspecified atom stereocenters. The topological polar surface area (TPSA) is 90.5 Å². The molecule has 3 rings (SSSR count). The summed E-state index contributed by atoms with van der Waals surface area (Å²) in [7, 11) is 1.75. The maximum absolute atomic E-state index is 12.4. The van der Waals surface area contributed by atoms with Gasteiger partial charge in [0.15, 0.2) is 5.82 Å². The van der Waals surface area contributed by atoms with E-state index in [0.29, 0.717) is 17.1 Å². The molecular formula is C15H17N7O. The highest BCUT2D eigenvalue weighted by Crippen LogP contribution is 2.18. The van der Waals surface area contributed by atoms with E-state index in [-0.39, 0.29) is 11.9 Å². The van der Waals surface area contributed by atoms with Gasteiger partial charge in [-0.3, -0.25) is 9.48 Å². The van der Waals surface area contributed by atoms with E-state index in [4.69, 9.17) is 0 Å². The third kappa shape index (κ3) is 3.10. The highest BCUT2D eigenvalue weighted by atomic mass is 16.1. The molecule has 3 aromatic rings. The zero-order valence-corrected chi connectivity index (χ0v) is 13.1. The number of nitrogens with one attached hydrogen (secondary N) is 1. The number of hydrogen-bond donors (Lipinski definition) is 1. The highest BCUT2D eigenvalue weighted by Gasteiger charge is 2.12. The second-order valence-corrected chi connectivity index (χ2v) is 5.46. The number of aryl methyl sites for hydroxylation is 1. The smallest absolute Gasteiger partial charge is 0.255 e. The Morgan fingerprint density at radius 1 is 1.30 bits per heavy atom. The lowest BCUT2D eigenvalue weighted by atomic mass is 10.1. The fraction of sp³-hybridized carbons (Fsp3) is 0.267. The van der Waals surface area contributed by atoms with E-state index in [1.165, 1.54) is 0 Å². The number of carbonyl (C=O) groups is 1. The quantitative estimate of drug-likeness (QED) is 0.794. The van der Waals surface area contributed by atoms with Crippen molar-refractivity contribution in [2.45, 2.75) is 19.9 Å². The second-order valence-electron chi connectivity index (χ2n) is 5.46. The molecule has 0 aliphatic carbocycles. The molecule has 118 valence electrons. The summed E-state index contributed by atoms with van der Waals surface area (Å²) in [5.74, 6) is 0.401. The molecule has 23 heavy (non-hydrogen) atoms. The van der Waals surface area contributed by atoms with Gasteiger partial charge in [0, 0.05) is 30.4 Å². The molecule has 0 fully saturated rings. The minimum absolute atomic E-state index is 0.203. The van der Waals surface area contributed by atoms with Crippen LogP contribution >= 0.6 is 0 Å². The molecule has 0 radical (unpaired) electrons. The van der Waals surface area contributed by atoms with Crippen molar-refractivity contribution in [2.24, 2.45) is 7.05 Å². The van der Waals surface area contributed by atoms with Gasteiger partial charge in [-0.2, -0.15) is 5.10 Å². The second kappa shape index (κ2) is 5.99.